The summed E-state index contributed by atoms with van der Waals surface area (Å²) in [5.41, 5.74) is -3.23. The van der Waals surface area contributed by atoms with Crippen LogP contribution >= 0.6 is 0 Å². The van der Waals surface area contributed by atoms with E-state index >= 15 is 0 Å². The van der Waals surface area contributed by atoms with E-state index in [0.29, 0.717) is 11.6 Å². The molecule has 2 aromatic rings. The fourth-order valence-corrected chi connectivity index (χ4v) is 1.68. The molecule has 23 heavy (non-hydrogen) atoms. The topological polar surface area (TPSA) is 45.8 Å². The highest BCUT2D eigenvalue weighted by molar-refractivity contribution is 5.68. The van der Waals surface area contributed by atoms with Crippen LogP contribution in [0.4, 0.5) is 26.3 Å². The maximum absolute atomic E-state index is 12.5. The molecule has 1 heterocycles. The Bertz CT molecular complexity index is 772. The number of alkyl halides is 6. The largest absolute Gasteiger partial charge is 0.431 e. The minimum absolute atomic E-state index is 0.263. The van der Waals surface area contributed by atoms with Crippen LogP contribution < -0.4 is 5.69 Å². The van der Waals surface area contributed by atoms with E-state index < -0.39 is 29.3 Å². The third-order valence-electron chi connectivity index (χ3n) is 2.75. The zero-order chi connectivity index (χ0) is 17.3. The summed E-state index contributed by atoms with van der Waals surface area (Å²) in [5.74, 6) is 0. The lowest BCUT2D eigenvalue weighted by Crippen LogP contribution is -2.19. The molecule has 0 saturated carbocycles. The smallest absolute Gasteiger partial charge is 0.302 e. The van der Waals surface area contributed by atoms with Crippen molar-refractivity contribution >= 4 is 12.2 Å². The quantitative estimate of drug-likeness (QED) is 0.845. The Kier molecular flexibility index (Phi) is 4.31. The number of hydrogen-bond donors (Lipinski definition) is 1. The van der Waals surface area contributed by atoms with Crippen LogP contribution in [0.15, 0.2) is 35.1 Å². The molecule has 0 aliphatic heterocycles. The van der Waals surface area contributed by atoms with Crippen LogP contribution in [0.3, 0.4) is 0 Å². The van der Waals surface area contributed by atoms with Crippen LogP contribution in [0.1, 0.15) is 22.5 Å². The second kappa shape index (κ2) is 5.90. The Labute approximate surface area is 125 Å². The van der Waals surface area contributed by atoms with Gasteiger partial charge in [0.1, 0.15) is 5.69 Å². The van der Waals surface area contributed by atoms with Gasteiger partial charge in [0.15, 0.2) is 0 Å². The molecule has 0 radical (unpaired) electrons. The van der Waals surface area contributed by atoms with Crippen LogP contribution in [0.5, 0.6) is 0 Å². The summed E-state index contributed by atoms with van der Waals surface area (Å²) in [6.45, 7) is 0. The summed E-state index contributed by atoms with van der Waals surface area (Å²) in [6, 6.07) is 4.61. The summed E-state index contributed by atoms with van der Waals surface area (Å²) in [4.78, 5) is 16.0. The van der Waals surface area contributed by atoms with E-state index in [1.165, 1.54) is 6.08 Å². The number of hydrogen-bond acceptors (Lipinski definition) is 2. The second-order valence-electron chi connectivity index (χ2n) is 4.48. The van der Waals surface area contributed by atoms with Gasteiger partial charge in [0.05, 0.1) is 11.3 Å². The van der Waals surface area contributed by atoms with Crippen molar-refractivity contribution in [3.05, 3.63) is 63.3 Å². The Morgan fingerprint density at radius 3 is 2.04 bits per heavy atom. The highest BCUT2D eigenvalue weighted by Crippen LogP contribution is 2.29. The average molecular weight is 334 g/mol. The first-order chi connectivity index (χ1) is 10.6. The van der Waals surface area contributed by atoms with Crippen molar-refractivity contribution in [2.24, 2.45) is 0 Å². The lowest BCUT2D eigenvalue weighted by Gasteiger charge is -2.06. The van der Waals surface area contributed by atoms with Crippen LogP contribution in [-0.2, 0) is 12.4 Å². The molecule has 0 bridgehead atoms. The minimum Gasteiger partial charge on any atom is -0.302 e. The molecule has 3 nitrogen and oxygen atoms in total. The summed E-state index contributed by atoms with van der Waals surface area (Å²) >= 11 is 0. The molecule has 0 spiro atoms. The minimum atomic E-state index is -4.74. The Hall–Kier alpha value is -2.58. The van der Waals surface area contributed by atoms with Crippen molar-refractivity contribution in [1.82, 2.24) is 9.97 Å². The summed E-state index contributed by atoms with van der Waals surface area (Å²) in [7, 11) is 0. The maximum Gasteiger partial charge on any atom is 0.431 e. The van der Waals surface area contributed by atoms with E-state index in [4.69, 9.17) is 0 Å². The standard InChI is InChI=1S/C14H8F6N2O/c15-13(16,17)9-4-1-8(2-5-9)3-6-10-7-11(14(18,19)20)22-12(23)21-10/h1-7H,(H,21,22,23)/b6-3+. The Balaban J connectivity index is 2.27. The molecule has 2 rings (SSSR count). The first-order valence-corrected chi connectivity index (χ1v) is 6.09. The summed E-state index contributed by atoms with van der Waals surface area (Å²) < 4.78 is 74.8. The molecule has 0 aliphatic carbocycles. The number of nitrogens with zero attached hydrogens (tertiary/aromatic N) is 1. The fourth-order valence-electron chi connectivity index (χ4n) is 1.68. The predicted molar refractivity (Wildman–Crippen MR) is 70.2 cm³/mol. The van der Waals surface area contributed by atoms with Crippen LogP contribution in [0.2, 0.25) is 0 Å². The van der Waals surface area contributed by atoms with E-state index in [0.717, 1.165) is 30.3 Å². The normalized spacial score (nSPS) is 12.8. The molecular weight excluding hydrogens is 326 g/mol. The first-order valence-electron chi connectivity index (χ1n) is 6.09. The predicted octanol–water partition coefficient (Wildman–Crippen LogP) is 3.98. The molecule has 0 atom stereocenters. The van der Waals surface area contributed by atoms with E-state index in [2.05, 4.69) is 4.98 Å². The SMILES string of the molecule is O=c1nc(/C=C/c2ccc(C(F)(F)F)cc2)cc(C(F)(F)F)[nH]1. The van der Waals surface area contributed by atoms with E-state index in [9.17, 15) is 31.1 Å². The van der Waals surface area contributed by atoms with Gasteiger partial charge in [-0.3, -0.25) is 0 Å². The Morgan fingerprint density at radius 1 is 0.913 bits per heavy atom. The van der Waals surface area contributed by atoms with Crippen LogP contribution in [0.25, 0.3) is 12.2 Å². The number of benzene rings is 1. The molecule has 0 saturated heterocycles. The third-order valence-corrected chi connectivity index (χ3v) is 2.75. The van der Waals surface area contributed by atoms with Crippen molar-refractivity contribution in [2.75, 3.05) is 0 Å². The second-order valence-corrected chi connectivity index (χ2v) is 4.48. The molecule has 122 valence electrons. The summed E-state index contributed by atoms with van der Waals surface area (Å²) in [6.07, 6.45) is -6.85. The molecule has 1 aromatic heterocycles. The van der Waals surface area contributed by atoms with Gasteiger partial charge in [-0.15, -0.1) is 0 Å². The van der Waals surface area contributed by atoms with Gasteiger partial charge in [-0.05, 0) is 29.8 Å². The molecule has 1 aromatic carbocycles. The lowest BCUT2D eigenvalue weighted by molar-refractivity contribution is -0.141. The molecule has 9 heteroatoms. The number of aromatic nitrogens is 2. The molecule has 0 aliphatic rings. The van der Waals surface area contributed by atoms with Gasteiger partial charge in [0.2, 0.25) is 0 Å². The fraction of sp³-hybridized carbons (Fsp3) is 0.143. The molecule has 0 fully saturated rings. The summed E-state index contributed by atoms with van der Waals surface area (Å²) in [5, 5.41) is 0. The molecule has 1 N–H and O–H groups in total. The van der Waals surface area contributed by atoms with Gasteiger partial charge in [0.25, 0.3) is 0 Å². The maximum atomic E-state index is 12.5. The monoisotopic (exact) mass is 334 g/mol. The van der Waals surface area contributed by atoms with Crippen molar-refractivity contribution in [3.63, 3.8) is 0 Å². The van der Waals surface area contributed by atoms with E-state index in [-0.39, 0.29) is 5.69 Å². The van der Waals surface area contributed by atoms with E-state index in [1.54, 1.807) is 4.98 Å². The lowest BCUT2D eigenvalue weighted by atomic mass is 10.1. The third kappa shape index (κ3) is 4.44. The number of rotatable bonds is 2. The van der Waals surface area contributed by atoms with Gasteiger partial charge in [0, 0.05) is 0 Å². The number of halogens is 6. The van der Waals surface area contributed by atoms with Crippen molar-refractivity contribution in [1.29, 1.82) is 0 Å². The van der Waals surface area contributed by atoms with E-state index in [1.807, 2.05) is 0 Å². The van der Waals surface area contributed by atoms with Gasteiger partial charge < -0.3 is 4.98 Å². The zero-order valence-electron chi connectivity index (χ0n) is 11.2. The van der Waals surface area contributed by atoms with Gasteiger partial charge in [-0.25, -0.2) is 4.79 Å². The molecule has 0 amide bonds. The molecular formula is C14H8F6N2O. The van der Waals surface area contributed by atoms with Gasteiger partial charge >= 0.3 is 18.0 Å². The number of H-pyrrole nitrogens is 1. The zero-order valence-corrected chi connectivity index (χ0v) is 11.2. The number of aromatic amines is 1. The average Bonchev–Trinajstić information content (AvgIpc) is 2.43. The highest BCUT2D eigenvalue weighted by Gasteiger charge is 2.32. The number of nitrogens with one attached hydrogen (secondary N) is 1. The highest BCUT2D eigenvalue weighted by atomic mass is 19.4. The van der Waals surface area contributed by atoms with Crippen LogP contribution in [0, 0.1) is 0 Å². The molecule has 0 unspecified atom stereocenters. The van der Waals surface area contributed by atoms with Crippen molar-refractivity contribution in [2.45, 2.75) is 12.4 Å². The van der Waals surface area contributed by atoms with Gasteiger partial charge in [-0.2, -0.15) is 31.3 Å². The first kappa shape index (κ1) is 16.8. The van der Waals surface area contributed by atoms with Gasteiger partial charge in [-0.1, -0.05) is 18.2 Å². The van der Waals surface area contributed by atoms with Crippen LogP contribution in [-0.4, -0.2) is 9.97 Å². The Morgan fingerprint density at radius 2 is 1.52 bits per heavy atom. The van der Waals surface area contributed by atoms with Crippen molar-refractivity contribution in [3.8, 4) is 0 Å². The van der Waals surface area contributed by atoms with Crippen molar-refractivity contribution < 1.29 is 26.3 Å².